The van der Waals surface area contributed by atoms with Crippen molar-refractivity contribution < 1.29 is 41.5 Å². The van der Waals surface area contributed by atoms with Crippen molar-refractivity contribution in [2.24, 2.45) is 5.73 Å². The van der Waals surface area contributed by atoms with Gasteiger partial charge in [-0.1, -0.05) is 44.2 Å². The molecule has 4 aromatic rings. The fourth-order valence-electron chi connectivity index (χ4n) is 9.26. The Balaban J connectivity index is 1.04. The number of carbonyl (C=O) groups is 1. The van der Waals surface area contributed by atoms with Gasteiger partial charge in [-0.3, -0.25) is 4.79 Å². The van der Waals surface area contributed by atoms with Gasteiger partial charge in [0, 0.05) is 88.5 Å². The number of nitrogens with two attached hydrogens (primary N) is 1. The highest BCUT2D eigenvalue weighted by Gasteiger charge is 2.45. The highest BCUT2D eigenvalue weighted by molar-refractivity contribution is 7.80. The van der Waals surface area contributed by atoms with Gasteiger partial charge in [-0.05, 0) is 103 Å². The first-order valence-electron chi connectivity index (χ1n) is 21.4. The van der Waals surface area contributed by atoms with Crippen LogP contribution in [0.4, 0.5) is 17.1 Å². The van der Waals surface area contributed by atoms with Crippen molar-refractivity contribution in [3.8, 4) is 28.2 Å². The van der Waals surface area contributed by atoms with Crippen LogP contribution in [-0.2, 0) is 46.1 Å². The normalized spacial score (nSPS) is 16.5. The number of phenolic OH excluding ortho intramolecular Hbond substituents is 1. The summed E-state index contributed by atoms with van der Waals surface area (Å²) in [6, 6.07) is 25.9. The molecule has 67 heavy (non-hydrogen) atoms. The number of phenols is 1. The summed E-state index contributed by atoms with van der Waals surface area (Å²) in [5, 5.41) is 27.8. The number of nitrogens with zero attached hydrogens (tertiary/aromatic N) is 2. The molecule has 0 fully saturated rings. The molecule has 0 saturated heterocycles. The minimum Gasteiger partial charge on any atom is -0.508 e. The summed E-state index contributed by atoms with van der Waals surface area (Å²) < 4.78 is 51.4. The van der Waals surface area contributed by atoms with E-state index in [1.54, 1.807) is 24.3 Å². The van der Waals surface area contributed by atoms with E-state index in [2.05, 4.69) is 59.9 Å². The number of hydrogen-bond acceptors (Lipinski definition) is 9. The molecule has 346 valence electrons. The maximum Gasteiger partial charge on any atom is 0.336 e. The van der Waals surface area contributed by atoms with Gasteiger partial charge in [0.15, 0.2) is 45.0 Å². The molecule has 3 aliphatic heterocycles. The van der Waals surface area contributed by atoms with E-state index in [0.717, 1.165) is 45.0 Å². The molecule has 0 spiro atoms. The van der Waals surface area contributed by atoms with E-state index in [0.29, 0.717) is 53.9 Å². The van der Waals surface area contributed by atoms with Crippen molar-refractivity contribution in [2.75, 3.05) is 34.8 Å². The van der Waals surface area contributed by atoms with Crippen LogP contribution in [0, 0.1) is 0 Å². The van der Waals surface area contributed by atoms with Crippen molar-refractivity contribution in [2.45, 2.75) is 51.6 Å². The van der Waals surface area contributed by atoms with Crippen LogP contribution in [0.15, 0.2) is 124 Å². The number of anilines is 2. The molecule has 17 heteroatoms. The van der Waals surface area contributed by atoms with Crippen LogP contribution in [0.25, 0.3) is 33.4 Å². The molecular formula is C50H50N5O9S3+. The SMILES string of the molecule is CC1(C)C(/C=C/C=C2/N(CCS(=O)O)c3ccc(CNC(=S)Nc4ccc(-c5c6ccc(=O)cc-6oc6cc(O)ccc56)c(C(=O)O)c4)cc3C2(C)C)=[N+](CCS(=O)O)c2ccc(CN)cc21. The van der Waals surface area contributed by atoms with E-state index >= 15 is 0 Å². The standard InChI is InChI=1S/C50H49N5O9S3/c1-49(2)38-22-29(27-51)8-16-40(38)54(18-20-66(60)61)44(49)6-5-7-45-50(3,4)39-23-30(9-17-41(39)55(45)19-21-67(62)63)28-52-48(65)53-31-10-13-34(37(24-31)47(58)59)46-35-14-11-32(56)25-42(35)64-43-26-33(57)12-15-36(43)46/h5-17,22-26H,18-21,27-28,51H2,1-4H3,(H5-,52,53,56,57,58,59,60,61,62,63,65)/p+1. The molecule has 0 radical (unpaired) electrons. The van der Waals surface area contributed by atoms with Gasteiger partial charge in [-0.2, -0.15) is 4.58 Å². The average molecular weight is 961 g/mol. The van der Waals surface area contributed by atoms with Gasteiger partial charge >= 0.3 is 5.97 Å². The lowest BCUT2D eigenvalue weighted by Crippen LogP contribution is -2.30. The summed E-state index contributed by atoms with van der Waals surface area (Å²) in [6.07, 6.45) is 6.04. The fraction of sp³-hybridized carbons (Fsp3) is 0.240. The second kappa shape index (κ2) is 18.7. The minimum absolute atomic E-state index is 0.0246. The molecule has 4 aromatic carbocycles. The molecule has 2 atom stereocenters. The predicted molar refractivity (Wildman–Crippen MR) is 269 cm³/mol. The van der Waals surface area contributed by atoms with Gasteiger partial charge in [-0.25, -0.2) is 13.2 Å². The van der Waals surface area contributed by atoms with Crippen LogP contribution in [-0.4, -0.2) is 73.7 Å². The van der Waals surface area contributed by atoms with Crippen LogP contribution in [0.3, 0.4) is 0 Å². The van der Waals surface area contributed by atoms with Crippen molar-refractivity contribution in [3.05, 3.63) is 153 Å². The predicted octanol–water partition coefficient (Wildman–Crippen LogP) is 7.97. The molecule has 0 bridgehead atoms. The maximum atomic E-state index is 12.8. The Morgan fingerprint density at radius 3 is 2.34 bits per heavy atom. The van der Waals surface area contributed by atoms with E-state index in [1.165, 1.54) is 30.3 Å². The number of rotatable bonds is 14. The quantitative estimate of drug-likeness (QED) is 0.0239. The maximum absolute atomic E-state index is 12.8. The first-order chi connectivity index (χ1) is 31.9. The van der Waals surface area contributed by atoms with Crippen LogP contribution < -0.4 is 26.7 Å². The number of carboxylic acid groups (broad SMARTS) is 1. The van der Waals surface area contributed by atoms with Gasteiger partial charge in [0.1, 0.15) is 22.8 Å². The highest BCUT2D eigenvalue weighted by atomic mass is 32.2. The molecule has 14 nitrogen and oxygen atoms in total. The third kappa shape index (κ3) is 9.35. The lowest BCUT2D eigenvalue weighted by molar-refractivity contribution is -0.431. The lowest BCUT2D eigenvalue weighted by atomic mass is 9.80. The first-order valence-corrected chi connectivity index (χ1v) is 24.4. The Hall–Kier alpha value is -6.34. The summed E-state index contributed by atoms with van der Waals surface area (Å²) in [5.74, 6) is -0.887. The number of benzene rings is 5. The van der Waals surface area contributed by atoms with Crippen LogP contribution >= 0.6 is 12.2 Å². The number of hydrogen-bond donors (Lipinski definition) is 7. The second-order valence-electron chi connectivity index (χ2n) is 17.5. The van der Waals surface area contributed by atoms with Gasteiger partial charge in [-0.15, -0.1) is 0 Å². The Kier molecular flexibility index (Phi) is 13.2. The second-order valence-corrected chi connectivity index (χ2v) is 20.0. The van der Waals surface area contributed by atoms with E-state index in [4.69, 9.17) is 22.4 Å². The molecule has 0 amide bonds. The minimum atomic E-state index is -2.03. The van der Waals surface area contributed by atoms with Crippen LogP contribution in [0.5, 0.6) is 5.75 Å². The van der Waals surface area contributed by atoms with Crippen molar-refractivity contribution in [1.82, 2.24) is 5.32 Å². The number of carboxylic acids is 1. The number of thiocarbonyl (C=S) groups is 1. The number of nitrogens with one attached hydrogen (secondary N) is 2. The van der Waals surface area contributed by atoms with Crippen LogP contribution in [0.1, 0.15) is 60.3 Å². The number of aromatic carboxylic acids is 1. The van der Waals surface area contributed by atoms with Crippen LogP contribution in [0.2, 0.25) is 0 Å². The Morgan fingerprint density at radius 1 is 0.881 bits per heavy atom. The Bertz CT molecular complexity index is 3170. The lowest BCUT2D eigenvalue weighted by Gasteiger charge is -2.26. The summed E-state index contributed by atoms with van der Waals surface area (Å²) in [4.78, 5) is 27.1. The third-order valence-electron chi connectivity index (χ3n) is 12.5. The molecule has 8 N–H and O–H groups in total. The Morgan fingerprint density at radius 2 is 1.61 bits per heavy atom. The van der Waals surface area contributed by atoms with Gasteiger partial charge in [0.05, 0.1) is 16.7 Å². The number of allylic oxidation sites excluding steroid dienone is 4. The summed E-state index contributed by atoms with van der Waals surface area (Å²) in [5.41, 5.74) is 14.6. The first kappa shape index (κ1) is 47.2. The van der Waals surface area contributed by atoms with E-state index in [9.17, 15) is 37.3 Å². The zero-order valence-corrected chi connectivity index (χ0v) is 39.6. The summed E-state index contributed by atoms with van der Waals surface area (Å²) in [7, 11) is 0. The molecule has 3 heterocycles. The van der Waals surface area contributed by atoms with E-state index < -0.39 is 39.0 Å². The molecule has 2 unspecified atom stereocenters. The van der Waals surface area contributed by atoms with Gasteiger partial charge in [0.25, 0.3) is 0 Å². The molecule has 0 saturated carbocycles. The third-order valence-corrected chi connectivity index (χ3v) is 13.9. The summed E-state index contributed by atoms with van der Waals surface area (Å²) >= 11 is 1.68. The molecule has 1 aliphatic carbocycles. The zero-order chi connectivity index (χ0) is 47.9. The molecule has 0 aromatic heterocycles. The molecular weight excluding hydrogens is 911 g/mol. The zero-order valence-electron chi connectivity index (χ0n) is 37.2. The van der Waals surface area contributed by atoms with E-state index in [1.807, 2.05) is 42.5 Å². The molecule has 8 rings (SSSR count). The topological polar surface area (TPSA) is 219 Å². The van der Waals surface area contributed by atoms with Gasteiger partial charge < -0.3 is 45.0 Å². The number of fused-ring (bicyclic) bond motifs is 4. The Labute approximate surface area is 397 Å². The van der Waals surface area contributed by atoms with Crippen molar-refractivity contribution in [1.29, 1.82) is 0 Å². The van der Waals surface area contributed by atoms with Crippen molar-refractivity contribution in [3.63, 3.8) is 0 Å². The smallest absolute Gasteiger partial charge is 0.336 e. The summed E-state index contributed by atoms with van der Waals surface area (Å²) in [6.45, 7) is 9.81. The highest BCUT2D eigenvalue weighted by Crippen LogP contribution is 2.48. The van der Waals surface area contributed by atoms with Crippen molar-refractivity contribution >= 4 is 79.2 Å². The largest absolute Gasteiger partial charge is 0.508 e. The average Bonchev–Trinajstić information content (AvgIpc) is 3.62. The molecule has 4 aliphatic rings. The fourth-order valence-corrected chi connectivity index (χ4v) is 10.1. The monoisotopic (exact) mass is 960 g/mol. The van der Waals surface area contributed by atoms with Gasteiger partial charge in [0.2, 0.25) is 5.69 Å². The number of aromatic hydroxyl groups is 1. The van der Waals surface area contributed by atoms with E-state index in [-0.39, 0.29) is 44.7 Å².